The number of nitrogens with one attached hydrogen (secondary N) is 3. The van der Waals surface area contributed by atoms with E-state index in [0.29, 0.717) is 0 Å². The minimum absolute atomic E-state index is 1.43. The first-order chi connectivity index (χ1) is 5.79. The molecular formula is C7H7N4S+. The Balaban J connectivity index is 0.000000177. The van der Waals surface area contributed by atoms with E-state index in [2.05, 4.69) is 36.5 Å². The molecular weight excluding hydrogens is 172 g/mol. The maximum absolute atomic E-state index is 5.77. The van der Waals surface area contributed by atoms with Gasteiger partial charge in [-0.05, 0) is 23.3 Å². The number of rotatable bonds is 0. The minimum atomic E-state index is 1.43. The Hall–Kier alpha value is -1.67. The fourth-order valence-corrected chi connectivity index (χ4v) is 0.663. The van der Waals surface area contributed by atoms with Crippen molar-refractivity contribution in [3.05, 3.63) is 24.3 Å². The van der Waals surface area contributed by atoms with E-state index in [9.17, 15) is 0 Å². The molecule has 0 saturated carbocycles. The summed E-state index contributed by atoms with van der Waals surface area (Å²) in [4.78, 5) is 2.00. The van der Waals surface area contributed by atoms with E-state index in [1.807, 2.05) is 4.91 Å². The second-order valence-electron chi connectivity index (χ2n) is 1.79. The van der Waals surface area contributed by atoms with Gasteiger partial charge in [-0.3, -0.25) is 0 Å². The molecule has 0 bridgehead atoms. The number of benzene rings is 1. The van der Waals surface area contributed by atoms with Crippen LogP contribution in [0.2, 0.25) is 0 Å². The average molecular weight is 179 g/mol. The van der Waals surface area contributed by atoms with Crippen molar-refractivity contribution in [3.63, 3.8) is 0 Å². The Morgan fingerprint density at radius 3 is 1.25 bits per heavy atom. The van der Waals surface area contributed by atoms with Crippen molar-refractivity contribution in [1.82, 2.24) is 4.91 Å². The molecule has 0 aromatic heterocycles. The van der Waals surface area contributed by atoms with Crippen LogP contribution in [0, 0.1) is 16.5 Å². The predicted octanol–water partition coefficient (Wildman–Crippen LogP) is 2.45. The van der Waals surface area contributed by atoms with Crippen LogP contribution < -0.4 is 4.91 Å². The first-order valence-corrected chi connectivity index (χ1v) is 3.38. The van der Waals surface area contributed by atoms with E-state index < -0.39 is 0 Å². The third kappa shape index (κ3) is 2.94. The van der Waals surface area contributed by atoms with Crippen LogP contribution >= 0.6 is 12.2 Å². The van der Waals surface area contributed by atoms with Crippen LogP contribution in [0.3, 0.4) is 0 Å². The average Bonchev–Trinajstić information content (AvgIpc) is 2.00. The van der Waals surface area contributed by atoms with Crippen LogP contribution in [-0.4, -0.2) is 5.16 Å². The number of hydrogen-bond donors (Lipinski definition) is 3. The molecule has 0 aromatic rings. The molecule has 12 heavy (non-hydrogen) atoms. The molecule has 0 radical (unpaired) electrons. The normalized spacial score (nSPS) is 7.00. The van der Waals surface area contributed by atoms with Gasteiger partial charge in [0.1, 0.15) is 11.1 Å². The molecule has 0 atom stereocenters. The summed E-state index contributed by atoms with van der Waals surface area (Å²) in [5.74, 6) is 0. The molecule has 2 aliphatic carbocycles. The third-order valence-corrected chi connectivity index (χ3v) is 1.22. The van der Waals surface area contributed by atoms with Crippen molar-refractivity contribution in [2.75, 3.05) is 0 Å². The number of fused-ring (bicyclic) bond motifs is 1. The van der Waals surface area contributed by atoms with E-state index >= 15 is 0 Å². The Labute approximate surface area is 74.8 Å². The van der Waals surface area contributed by atoms with Gasteiger partial charge in [-0.1, -0.05) is 24.3 Å². The molecule has 5 heteroatoms. The molecule has 0 amide bonds. The Bertz CT molecular complexity index is 272. The lowest BCUT2D eigenvalue weighted by atomic mass is 9.95. The molecule has 2 rings (SSSR count). The van der Waals surface area contributed by atoms with E-state index in [1.165, 1.54) is 11.1 Å². The largest absolute Gasteiger partial charge is 0.248 e. The molecule has 0 aromatic carbocycles. The van der Waals surface area contributed by atoms with Crippen LogP contribution in [-0.2, 0) is 0 Å². The molecule has 0 aliphatic heterocycles. The molecule has 2 aliphatic rings. The van der Waals surface area contributed by atoms with Crippen LogP contribution in [0.1, 0.15) is 0 Å². The van der Waals surface area contributed by atoms with Crippen molar-refractivity contribution in [2.45, 2.75) is 0 Å². The SMILES string of the molecule is N=C=S.N=[N+]=N.c1cc2ccc1-2. The molecule has 60 valence electrons. The summed E-state index contributed by atoms with van der Waals surface area (Å²) in [7, 11) is 0. The van der Waals surface area contributed by atoms with E-state index in [1.54, 1.807) is 5.16 Å². The lowest BCUT2D eigenvalue weighted by molar-refractivity contribution is 0.928. The number of hydrogen-bond acceptors (Lipinski definition) is 4. The summed E-state index contributed by atoms with van der Waals surface area (Å²) in [6.07, 6.45) is 0. The lowest BCUT2D eigenvalue weighted by Crippen LogP contribution is -1.85. The van der Waals surface area contributed by atoms with Gasteiger partial charge in [0, 0.05) is 0 Å². The third-order valence-electron chi connectivity index (χ3n) is 1.22. The molecule has 3 N–H and O–H groups in total. The van der Waals surface area contributed by atoms with Crippen molar-refractivity contribution in [1.29, 1.82) is 16.5 Å². The highest BCUT2D eigenvalue weighted by molar-refractivity contribution is 7.78. The van der Waals surface area contributed by atoms with Gasteiger partial charge in [0.2, 0.25) is 4.91 Å². The highest BCUT2D eigenvalue weighted by Gasteiger charge is 2.03. The van der Waals surface area contributed by atoms with Crippen LogP contribution in [0.15, 0.2) is 24.3 Å². The predicted molar refractivity (Wildman–Crippen MR) is 48.3 cm³/mol. The highest BCUT2D eigenvalue weighted by Crippen LogP contribution is 2.29. The quantitative estimate of drug-likeness (QED) is 0.247. The molecule has 0 fully saturated rings. The zero-order valence-corrected chi connectivity index (χ0v) is 6.98. The second kappa shape index (κ2) is 6.07. The first-order valence-electron chi connectivity index (χ1n) is 2.97. The summed E-state index contributed by atoms with van der Waals surface area (Å²) in [6.45, 7) is 0. The molecule has 0 heterocycles. The zero-order chi connectivity index (χ0) is 9.40. The van der Waals surface area contributed by atoms with Crippen LogP contribution in [0.25, 0.3) is 11.1 Å². The minimum Gasteiger partial charge on any atom is -0.248 e. The zero-order valence-electron chi connectivity index (χ0n) is 6.16. The molecule has 0 spiro atoms. The van der Waals surface area contributed by atoms with Crippen molar-refractivity contribution in [3.8, 4) is 11.1 Å². The van der Waals surface area contributed by atoms with E-state index in [-0.39, 0.29) is 0 Å². The van der Waals surface area contributed by atoms with Crippen molar-refractivity contribution < 1.29 is 0 Å². The topological polar surface area (TPSA) is 85.7 Å². The second-order valence-corrected chi connectivity index (χ2v) is 2.00. The summed E-state index contributed by atoms with van der Waals surface area (Å²) in [5, 5.41) is 7.36. The van der Waals surface area contributed by atoms with Gasteiger partial charge >= 0.3 is 0 Å². The van der Waals surface area contributed by atoms with Gasteiger partial charge in [0.25, 0.3) is 0 Å². The summed E-state index contributed by atoms with van der Waals surface area (Å²) in [6, 6.07) is 8.48. The Morgan fingerprint density at radius 1 is 1.08 bits per heavy atom. The fourth-order valence-electron chi connectivity index (χ4n) is 0.663. The summed E-state index contributed by atoms with van der Waals surface area (Å²) >= 11 is 3.81. The Kier molecular flexibility index (Phi) is 5.22. The number of nitrogens with zero attached hydrogens (tertiary/aromatic N) is 1. The van der Waals surface area contributed by atoms with Gasteiger partial charge in [-0.2, -0.15) is 0 Å². The maximum Gasteiger partial charge on any atom is 0.211 e. The van der Waals surface area contributed by atoms with Crippen molar-refractivity contribution in [2.24, 2.45) is 0 Å². The lowest BCUT2D eigenvalue weighted by Gasteiger charge is -2.10. The van der Waals surface area contributed by atoms with Crippen LogP contribution in [0.5, 0.6) is 0 Å². The summed E-state index contributed by atoms with van der Waals surface area (Å²) in [5.41, 5.74) is 13.9. The van der Waals surface area contributed by atoms with E-state index in [4.69, 9.17) is 16.5 Å². The molecule has 0 saturated heterocycles. The van der Waals surface area contributed by atoms with Gasteiger partial charge in [-0.15, -0.1) is 0 Å². The van der Waals surface area contributed by atoms with Gasteiger partial charge in [-0.25, -0.2) is 5.41 Å². The van der Waals surface area contributed by atoms with E-state index in [0.717, 1.165) is 0 Å². The van der Waals surface area contributed by atoms with Gasteiger partial charge in [0.05, 0.1) is 5.16 Å². The fraction of sp³-hybridized carbons (Fsp3) is 0. The Morgan fingerprint density at radius 2 is 1.25 bits per heavy atom. The molecule has 0 unspecified atom stereocenters. The smallest absolute Gasteiger partial charge is 0.211 e. The number of thiocarbonyl (C=S) groups is 1. The monoisotopic (exact) mass is 179 g/mol. The number of isothiocyanates is 1. The highest BCUT2D eigenvalue weighted by atomic mass is 32.1. The summed E-state index contributed by atoms with van der Waals surface area (Å²) < 4.78 is 0. The standard InChI is InChI=1S/C6H4.CHNS.H2N3/c1-2-6-4-3-5(1)6;2-1-3;1-3-2/h1-4H;2H;1-2H/q;;+1. The van der Waals surface area contributed by atoms with Crippen molar-refractivity contribution >= 4 is 17.4 Å². The van der Waals surface area contributed by atoms with Gasteiger partial charge < -0.3 is 0 Å². The van der Waals surface area contributed by atoms with Gasteiger partial charge in [0.15, 0.2) is 0 Å². The van der Waals surface area contributed by atoms with Crippen LogP contribution in [0.4, 0.5) is 0 Å². The first kappa shape index (κ1) is 10.3. The maximum atomic E-state index is 5.77. The molecule has 4 nitrogen and oxygen atoms in total.